The number of carbonyl (C=O) groups excluding carboxylic acids is 2. The molecule has 0 aliphatic heterocycles. The number of hydrogen-bond acceptors (Lipinski definition) is 4. The zero-order chi connectivity index (χ0) is 16.7. The molecule has 0 aliphatic rings. The zero-order valence-electron chi connectivity index (χ0n) is 12.5. The van der Waals surface area contributed by atoms with E-state index in [2.05, 4.69) is 5.32 Å². The number of furan rings is 1. The van der Waals surface area contributed by atoms with Crippen molar-refractivity contribution in [2.24, 2.45) is 0 Å². The molecule has 0 aliphatic carbocycles. The Hall–Kier alpha value is -2.89. The number of carbonyl (C=O) groups is 2. The minimum atomic E-state index is -0.949. The van der Waals surface area contributed by atoms with Crippen molar-refractivity contribution in [2.45, 2.75) is 19.6 Å². The van der Waals surface area contributed by atoms with Crippen LogP contribution in [0.1, 0.15) is 18.2 Å². The highest BCUT2D eigenvalue weighted by molar-refractivity contribution is 5.90. The first kappa shape index (κ1) is 16.5. The highest BCUT2D eigenvalue weighted by Crippen LogP contribution is 2.06. The Morgan fingerprint density at radius 1 is 1.35 bits per heavy atom. The molecule has 1 amide bonds. The van der Waals surface area contributed by atoms with Crippen LogP contribution in [0.4, 0.5) is 4.39 Å². The average molecular weight is 317 g/mol. The van der Waals surface area contributed by atoms with Crippen molar-refractivity contribution in [3.8, 4) is 0 Å². The summed E-state index contributed by atoms with van der Waals surface area (Å²) in [7, 11) is 0. The van der Waals surface area contributed by atoms with Crippen LogP contribution in [0.25, 0.3) is 6.08 Å². The third kappa shape index (κ3) is 5.43. The van der Waals surface area contributed by atoms with Crippen molar-refractivity contribution in [1.29, 1.82) is 0 Å². The molecule has 6 heteroatoms. The van der Waals surface area contributed by atoms with Crippen LogP contribution >= 0.6 is 0 Å². The van der Waals surface area contributed by atoms with E-state index in [-0.39, 0.29) is 6.54 Å². The van der Waals surface area contributed by atoms with Crippen LogP contribution < -0.4 is 5.32 Å². The quantitative estimate of drug-likeness (QED) is 0.657. The largest absolute Gasteiger partial charge is 0.467 e. The maximum atomic E-state index is 13.0. The summed E-state index contributed by atoms with van der Waals surface area (Å²) >= 11 is 0. The van der Waals surface area contributed by atoms with Crippen molar-refractivity contribution in [1.82, 2.24) is 5.32 Å². The van der Waals surface area contributed by atoms with Crippen LogP contribution in [-0.4, -0.2) is 18.0 Å². The van der Waals surface area contributed by atoms with E-state index < -0.39 is 23.8 Å². The summed E-state index contributed by atoms with van der Waals surface area (Å²) in [6.07, 6.45) is 3.11. The van der Waals surface area contributed by atoms with Crippen molar-refractivity contribution < 1.29 is 23.1 Å². The molecule has 120 valence electrons. The maximum absolute atomic E-state index is 13.0. The van der Waals surface area contributed by atoms with Gasteiger partial charge in [0.2, 0.25) is 0 Å². The van der Waals surface area contributed by atoms with Gasteiger partial charge in [0, 0.05) is 6.08 Å². The van der Waals surface area contributed by atoms with Gasteiger partial charge in [-0.25, -0.2) is 9.18 Å². The average Bonchev–Trinajstić information content (AvgIpc) is 3.04. The highest BCUT2D eigenvalue weighted by atomic mass is 19.1. The lowest BCUT2D eigenvalue weighted by atomic mass is 10.2. The summed E-state index contributed by atoms with van der Waals surface area (Å²) in [4.78, 5) is 23.4. The van der Waals surface area contributed by atoms with Gasteiger partial charge >= 0.3 is 5.97 Å². The van der Waals surface area contributed by atoms with Gasteiger partial charge in [-0.2, -0.15) is 0 Å². The summed E-state index contributed by atoms with van der Waals surface area (Å²) in [5.41, 5.74) is 0.525. The summed E-state index contributed by atoms with van der Waals surface area (Å²) < 4.78 is 23.0. The van der Waals surface area contributed by atoms with Crippen molar-refractivity contribution >= 4 is 18.0 Å². The van der Waals surface area contributed by atoms with Gasteiger partial charge in [0.05, 0.1) is 12.8 Å². The number of ether oxygens (including phenoxy) is 1. The maximum Gasteiger partial charge on any atom is 0.331 e. The molecule has 1 aromatic carbocycles. The number of halogens is 1. The molecule has 0 fully saturated rings. The molecule has 0 saturated carbocycles. The van der Waals surface area contributed by atoms with E-state index in [1.807, 2.05) is 0 Å². The van der Waals surface area contributed by atoms with E-state index in [9.17, 15) is 14.0 Å². The first-order valence-electron chi connectivity index (χ1n) is 6.99. The molecule has 0 saturated heterocycles. The first-order chi connectivity index (χ1) is 11.0. The molecule has 2 rings (SSSR count). The second-order valence-electron chi connectivity index (χ2n) is 4.76. The summed E-state index contributed by atoms with van der Waals surface area (Å²) in [6, 6.07) is 9.20. The van der Waals surface area contributed by atoms with Crippen LogP contribution in [0.2, 0.25) is 0 Å². The van der Waals surface area contributed by atoms with E-state index in [1.165, 1.54) is 37.5 Å². The van der Waals surface area contributed by atoms with Crippen LogP contribution in [0.3, 0.4) is 0 Å². The van der Waals surface area contributed by atoms with E-state index >= 15 is 0 Å². The first-order valence-corrected chi connectivity index (χ1v) is 6.99. The molecule has 0 spiro atoms. The highest BCUT2D eigenvalue weighted by Gasteiger charge is 2.16. The number of nitrogens with one attached hydrogen (secondary N) is 1. The van der Waals surface area contributed by atoms with Crippen LogP contribution in [0.5, 0.6) is 0 Å². The van der Waals surface area contributed by atoms with Gasteiger partial charge in [-0.3, -0.25) is 4.79 Å². The normalized spacial score (nSPS) is 12.1. The van der Waals surface area contributed by atoms with Gasteiger partial charge in [-0.05, 0) is 42.8 Å². The molecular formula is C17H16FNO4. The minimum absolute atomic E-state index is 0.215. The van der Waals surface area contributed by atoms with E-state index in [4.69, 9.17) is 9.15 Å². The number of benzene rings is 1. The Bertz CT molecular complexity index is 694. The molecule has 0 unspecified atom stereocenters. The van der Waals surface area contributed by atoms with E-state index in [0.717, 1.165) is 6.08 Å². The summed E-state index contributed by atoms with van der Waals surface area (Å²) in [5, 5.41) is 2.59. The van der Waals surface area contributed by atoms with Gasteiger partial charge in [-0.15, -0.1) is 0 Å². The summed E-state index contributed by atoms with van der Waals surface area (Å²) in [5.74, 6) is -0.919. The molecular weight excluding hydrogens is 301 g/mol. The molecule has 1 N–H and O–H groups in total. The molecule has 1 aromatic heterocycles. The molecule has 5 nitrogen and oxygen atoms in total. The topological polar surface area (TPSA) is 68.5 Å². The Labute approximate surface area is 132 Å². The summed E-state index contributed by atoms with van der Waals surface area (Å²) in [6.45, 7) is 1.68. The lowest BCUT2D eigenvalue weighted by Gasteiger charge is -2.11. The lowest BCUT2D eigenvalue weighted by Crippen LogP contribution is -2.35. The van der Waals surface area contributed by atoms with Crippen molar-refractivity contribution in [2.75, 3.05) is 0 Å². The number of rotatable bonds is 6. The van der Waals surface area contributed by atoms with Crippen LogP contribution in [0.15, 0.2) is 53.2 Å². The van der Waals surface area contributed by atoms with Gasteiger partial charge in [0.15, 0.2) is 6.10 Å². The fraction of sp³-hybridized carbons (Fsp3) is 0.176. The molecule has 1 atom stereocenters. The Morgan fingerprint density at radius 2 is 2.17 bits per heavy atom. The van der Waals surface area contributed by atoms with Gasteiger partial charge in [0.25, 0.3) is 5.91 Å². The second-order valence-corrected chi connectivity index (χ2v) is 4.76. The van der Waals surface area contributed by atoms with Crippen molar-refractivity contribution in [3.05, 3.63) is 65.9 Å². The fourth-order valence-corrected chi connectivity index (χ4v) is 1.77. The molecule has 23 heavy (non-hydrogen) atoms. The van der Waals surface area contributed by atoms with Crippen LogP contribution in [-0.2, 0) is 20.9 Å². The third-order valence-electron chi connectivity index (χ3n) is 2.94. The van der Waals surface area contributed by atoms with Crippen molar-refractivity contribution in [3.63, 3.8) is 0 Å². The molecule has 1 heterocycles. The second kappa shape index (κ2) is 7.93. The van der Waals surface area contributed by atoms with Gasteiger partial charge < -0.3 is 14.5 Å². The molecule has 0 bridgehead atoms. The number of esters is 1. The SMILES string of the molecule is C[C@@H](OC(=O)/C=C/c1cccc(F)c1)C(=O)NCc1ccco1. The Balaban J connectivity index is 1.80. The predicted octanol–water partition coefficient (Wildman–Crippen LogP) is 2.68. The van der Waals surface area contributed by atoms with E-state index in [0.29, 0.717) is 11.3 Å². The Kier molecular flexibility index (Phi) is 5.68. The monoisotopic (exact) mass is 317 g/mol. The predicted molar refractivity (Wildman–Crippen MR) is 81.5 cm³/mol. The van der Waals surface area contributed by atoms with Gasteiger partial charge in [-0.1, -0.05) is 12.1 Å². The molecule has 0 radical (unpaired) electrons. The number of amides is 1. The zero-order valence-corrected chi connectivity index (χ0v) is 12.5. The van der Waals surface area contributed by atoms with E-state index in [1.54, 1.807) is 18.2 Å². The Morgan fingerprint density at radius 3 is 2.87 bits per heavy atom. The lowest BCUT2D eigenvalue weighted by molar-refractivity contribution is -0.150. The third-order valence-corrected chi connectivity index (χ3v) is 2.94. The standard InChI is InChI=1S/C17H16FNO4/c1-12(17(21)19-11-15-6-3-9-22-15)23-16(20)8-7-13-4-2-5-14(18)10-13/h2-10,12H,11H2,1H3,(H,19,21)/b8-7+/t12-/m1/s1. The minimum Gasteiger partial charge on any atom is -0.467 e. The fourth-order valence-electron chi connectivity index (χ4n) is 1.77. The molecule has 2 aromatic rings. The van der Waals surface area contributed by atoms with Crippen LogP contribution in [0, 0.1) is 5.82 Å². The number of hydrogen-bond donors (Lipinski definition) is 1. The van der Waals surface area contributed by atoms with Gasteiger partial charge in [0.1, 0.15) is 11.6 Å². The smallest absolute Gasteiger partial charge is 0.331 e.